The quantitative estimate of drug-likeness (QED) is 0.787. The molecule has 138 valence electrons. The standard InChI is InChI=1S/C17H27N5O2S/c1-4-5-9-21-11-8-18-17(21)15-7-6-10-22(13-15)25(23,24)16-12-19-20(3)14(16)2/h8,11-12,15H,4-7,9-10,13H2,1-3H3. The number of imidazole rings is 1. The number of aryl methyl sites for hydroxylation is 2. The molecule has 0 N–H and O–H groups in total. The Morgan fingerprint density at radius 3 is 2.84 bits per heavy atom. The molecule has 1 aliphatic heterocycles. The van der Waals surface area contributed by atoms with Crippen LogP contribution < -0.4 is 0 Å². The number of unbranched alkanes of at least 4 members (excludes halogenated alkanes) is 1. The number of hydrogen-bond donors (Lipinski definition) is 0. The first-order valence-electron chi connectivity index (χ1n) is 8.95. The van der Waals surface area contributed by atoms with Gasteiger partial charge < -0.3 is 4.57 Å². The summed E-state index contributed by atoms with van der Waals surface area (Å²) >= 11 is 0. The maximum atomic E-state index is 13.0. The summed E-state index contributed by atoms with van der Waals surface area (Å²) in [4.78, 5) is 4.84. The molecule has 1 aliphatic rings. The van der Waals surface area contributed by atoms with Gasteiger partial charge in [0.2, 0.25) is 10.0 Å². The Hall–Kier alpha value is -1.67. The fourth-order valence-electron chi connectivity index (χ4n) is 3.44. The number of rotatable bonds is 6. The van der Waals surface area contributed by atoms with Crippen LogP contribution in [-0.4, -0.2) is 45.1 Å². The molecule has 0 aliphatic carbocycles. The predicted molar refractivity (Wildman–Crippen MR) is 95.8 cm³/mol. The van der Waals surface area contributed by atoms with Gasteiger partial charge in [-0.25, -0.2) is 13.4 Å². The summed E-state index contributed by atoms with van der Waals surface area (Å²) < 4.78 is 31.5. The van der Waals surface area contributed by atoms with Gasteiger partial charge in [-0.1, -0.05) is 13.3 Å². The van der Waals surface area contributed by atoms with Crippen molar-refractivity contribution in [2.45, 2.75) is 56.9 Å². The van der Waals surface area contributed by atoms with Gasteiger partial charge in [0.05, 0.1) is 11.9 Å². The smallest absolute Gasteiger partial charge is 0.246 e. The van der Waals surface area contributed by atoms with E-state index in [1.165, 1.54) is 6.20 Å². The Balaban J connectivity index is 1.82. The van der Waals surface area contributed by atoms with E-state index in [0.717, 1.165) is 38.1 Å². The van der Waals surface area contributed by atoms with Crippen molar-refractivity contribution in [1.82, 2.24) is 23.6 Å². The first-order valence-corrected chi connectivity index (χ1v) is 10.4. The monoisotopic (exact) mass is 365 g/mol. The molecule has 1 unspecified atom stereocenters. The van der Waals surface area contributed by atoms with Crippen LogP contribution in [0.4, 0.5) is 0 Å². The van der Waals surface area contributed by atoms with Gasteiger partial charge in [0.15, 0.2) is 0 Å². The maximum Gasteiger partial charge on any atom is 0.246 e. The summed E-state index contributed by atoms with van der Waals surface area (Å²) in [7, 11) is -1.75. The molecule has 0 saturated carbocycles. The Bertz CT molecular complexity index is 824. The highest BCUT2D eigenvalue weighted by Crippen LogP contribution is 2.30. The van der Waals surface area contributed by atoms with Gasteiger partial charge in [0, 0.05) is 45.0 Å². The van der Waals surface area contributed by atoms with Crippen molar-refractivity contribution in [2.24, 2.45) is 7.05 Å². The molecule has 8 heteroatoms. The molecule has 0 bridgehead atoms. The molecule has 1 saturated heterocycles. The van der Waals surface area contributed by atoms with Crippen molar-refractivity contribution >= 4 is 10.0 Å². The van der Waals surface area contributed by atoms with Gasteiger partial charge in [0.25, 0.3) is 0 Å². The molecule has 0 amide bonds. The van der Waals surface area contributed by atoms with E-state index in [1.807, 2.05) is 12.4 Å². The summed E-state index contributed by atoms with van der Waals surface area (Å²) in [5.41, 5.74) is 0.673. The van der Waals surface area contributed by atoms with Crippen LogP contribution >= 0.6 is 0 Å². The van der Waals surface area contributed by atoms with E-state index in [9.17, 15) is 8.42 Å². The summed E-state index contributed by atoms with van der Waals surface area (Å²) in [5, 5.41) is 4.09. The maximum absolute atomic E-state index is 13.0. The number of sulfonamides is 1. The van der Waals surface area contributed by atoms with E-state index in [0.29, 0.717) is 23.7 Å². The zero-order valence-corrected chi connectivity index (χ0v) is 16.0. The molecule has 0 radical (unpaired) electrons. The molecular weight excluding hydrogens is 338 g/mol. The van der Waals surface area contributed by atoms with E-state index in [1.54, 1.807) is 23.0 Å². The highest BCUT2D eigenvalue weighted by molar-refractivity contribution is 7.89. The fraction of sp³-hybridized carbons (Fsp3) is 0.647. The summed E-state index contributed by atoms with van der Waals surface area (Å²) in [6.45, 7) is 5.94. The minimum Gasteiger partial charge on any atom is -0.335 e. The van der Waals surface area contributed by atoms with Crippen molar-refractivity contribution in [3.05, 3.63) is 30.1 Å². The van der Waals surface area contributed by atoms with Crippen molar-refractivity contribution < 1.29 is 8.42 Å². The van der Waals surface area contributed by atoms with Crippen LogP contribution in [0.5, 0.6) is 0 Å². The molecule has 3 heterocycles. The van der Waals surface area contributed by atoms with Gasteiger partial charge in [-0.15, -0.1) is 0 Å². The second-order valence-corrected chi connectivity index (χ2v) is 8.66. The van der Waals surface area contributed by atoms with E-state index in [-0.39, 0.29) is 5.92 Å². The Kier molecular flexibility index (Phi) is 5.29. The van der Waals surface area contributed by atoms with Crippen LogP contribution in [-0.2, 0) is 23.6 Å². The van der Waals surface area contributed by atoms with E-state index in [2.05, 4.69) is 21.6 Å². The lowest BCUT2D eigenvalue weighted by Gasteiger charge is -2.31. The predicted octanol–water partition coefficient (Wildman–Crippen LogP) is 2.29. The highest BCUT2D eigenvalue weighted by atomic mass is 32.2. The second kappa shape index (κ2) is 7.29. The summed E-state index contributed by atoms with van der Waals surface area (Å²) in [6.07, 6.45) is 9.34. The zero-order valence-electron chi connectivity index (χ0n) is 15.2. The van der Waals surface area contributed by atoms with E-state index < -0.39 is 10.0 Å². The molecule has 3 rings (SSSR count). The summed E-state index contributed by atoms with van der Waals surface area (Å²) in [6, 6.07) is 0. The average molecular weight is 366 g/mol. The number of piperidine rings is 1. The topological polar surface area (TPSA) is 73.0 Å². The van der Waals surface area contributed by atoms with Crippen LogP contribution in [0.2, 0.25) is 0 Å². The third kappa shape index (κ3) is 3.50. The molecular formula is C17H27N5O2S. The van der Waals surface area contributed by atoms with Crippen molar-refractivity contribution in [1.29, 1.82) is 0 Å². The van der Waals surface area contributed by atoms with Crippen molar-refractivity contribution in [3.8, 4) is 0 Å². The first-order chi connectivity index (χ1) is 11.9. The molecule has 2 aromatic heterocycles. The van der Waals surface area contributed by atoms with Gasteiger partial charge in [-0.3, -0.25) is 4.68 Å². The van der Waals surface area contributed by atoms with Crippen LogP contribution in [0.15, 0.2) is 23.5 Å². The lowest BCUT2D eigenvalue weighted by Crippen LogP contribution is -2.39. The molecule has 0 aromatic carbocycles. The fourth-order valence-corrected chi connectivity index (χ4v) is 5.15. The third-order valence-corrected chi connectivity index (χ3v) is 7.03. The summed E-state index contributed by atoms with van der Waals surface area (Å²) in [5.74, 6) is 1.16. The highest BCUT2D eigenvalue weighted by Gasteiger charge is 2.34. The lowest BCUT2D eigenvalue weighted by atomic mass is 9.99. The Morgan fingerprint density at radius 1 is 1.36 bits per heavy atom. The molecule has 1 atom stereocenters. The molecule has 1 fully saturated rings. The van der Waals surface area contributed by atoms with Crippen LogP contribution in [0.25, 0.3) is 0 Å². The van der Waals surface area contributed by atoms with E-state index >= 15 is 0 Å². The Labute approximate surface area is 149 Å². The van der Waals surface area contributed by atoms with Crippen LogP contribution in [0.3, 0.4) is 0 Å². The van der Waals surface area contributed by atoms with Crippen LogP contribution in [0.1, 0.15) is 50.0 Å². The van der Waals surface area contributed by atoms with Gasteiger partial charge in [-0.05, 0) is 26.2 Å². The minimum atomic E-state index is -3.51. The van der Waals surface area contributed by atoms with Gasteiger partial charge >= 0.3 is 0 Å². The lowest BCUT2D eigenvalue weighted by molar-refractivity contribution is 0.304. The average Bonchev–Trinajstić information content (AvgIpc) is 3.20. The number of hydrogen-bond acceptors (Lipinski definition) is 4. The molecule has 0 spiro atoms. The second-order valence-electron chi connectivity index (χ2n) is 6.75. The van der Waals surface area contributed by atoms with Crippen LogP contribution in [0, 0.1) is 6.92 Å². The normalized spacial score (nSPS) is 19.4. The first kappa shape index (κ1) is 18.1. The zero-order chi connectivity index (χ0) is 18.0. The SMILES string of the molecule is CCCCn1ccnc1C1CCCN(S(=O)(=O)c2cnn(C)c2C)C1. The number of aromatic nitrogens is 4. The van der Waals surface area contributed by atoms with Crippen molar-refractivity contribution in [2.75, 3.05) is 13.1 Å². The molecule has 25 heavy (non-hydrogen) atoms. The molecule has 2 aromatic rings. The molecule has 7 nitrogen and oxygen atoms in total. The van der Waals surface area contributed by atoms with E-state index in [4.69, 9.17) is 0 Å². The van der Waals surface area contributed by atoms with Crippen molar-refractivity contribution in [3.63, 3.8) is 0 Å². The van der Waals surface area contributed by atoms with Gasteiger partial charge in [-0.2, -0.15) is 9.40 Å². The number of nitrogens with zero attached hydrogens (tertiary/aromatic N) is 5. The minimum absolute atomic E-state index is 0.146. The Morgan fingerprint density at radius 2 is 2.16 bits per heavy atom. The van der Waals surface area contributed by atoms with Gasteiger partial charge in [0.1, 0.15) is 10.7 Å². The largest absolute Gasteiger partial charge is 0.335 e. The third-order valence-electron chi connectivity index (χ3n) is 5.06.